The minimum atomic E-state index is -0.831. The van der Waals surface area contributed by atoms with Crippen LogP contribution in [0.2, 0.25) is 0 Å². The number of hydrogen-bond acceptors (Lipinski definition) is 5. The molecule has 3 heterocycles. The Morgan fingerprint density at radius 2 is 2.04 bits per heavy atom. The van der Waals surface area contributed by atoms with Gasteiger partial charge in [-0.1, -0.05) is 31.2 Å². The van der Waals surface area contributed by atoms with Gasteiger partial charge in [0.2, 0.25) is 11.8 Å². The number of aryl methyl sites for hydroxylation is 1. The smallest absolute Gasteiger partial charge is 0.325 e. The molecule has 4 atom stereocenters. The normalized spacial score (nSPS) is 29.9. The van der Waals surface area contributed by atoms with Crippen molar-refractivity contribution < 1.29 is 23.9 Å². The van der Waals surface area contributed by atoms with E-state index in [1.54, 1.807) is 6.92 Å². The summed E-state index contributed by atoms with van der Waals surface area (Å²) < 4.78 is 11.0. The van der Waals surface area contributed by atoms with E-state index < -0.39 is 29.5 Å². The van der Waals surface area contributed by atoms with Gasteiger partial charge in [0.15, 0.2) is 0 Å². The Morgan fingerprint density at radius 1 is 1.29 bits per heavy atom. The molecule has 3 aliphatic heterocycles. The molecule has 28 heavy (non-hydrogen) atoms. The molecule has 1 aromatic carbocycles. The molecular weight excluding hydrogens is 360 g/mol. The molecule has 7 heteroatoms. The number of nitrogens with one attached hydrogen (secondary N) is 1. The molecular formula is C21H24N2O5. The van der Waals surface area contributed by atoms with Crippen LogP contribution in [0.1, 0.15) is 19.4 Å². The zero-order valence-electron chi connectivity index (χ0n) is 16.0. The second-order valence-corrected chi connectivity index (χ2v) is 7.44. The summed E-state index contributed by atoms with van der Waals surface area (Å²) in [6, 6.07) is 7.66. The van der Waals surface area contributed by atoms with Gasteiger partial charge in [0.1, 0.15) is 12.1 Å². The monoisotopic (exact) mass is 384 g/mol. The summed E-state index contributed by atoms with van der Waals surface area (Å²) in [6.45, 7) is 4.18. The fourth-order valence-corrected chi connectivity index (χ4v) is 4.42. The Labute approximate surface area is 163 Å². The first-order valence-electron chi connectivity index (χ1n) is 9.69. The number of nitrogens with zero attached hydrogens (tertiary/aromatic N) is 1. The topological polar surface area (TPSA) is 84.9 Å². The van der Waals surface area contributed by atoms with E-state index in [4.69, 9.17) is 9.47 Å². The van der Waals surface area contributed by atoms with Crippen molar-refractivity contribution in [2.45, 2.75) is 32.0 Å². The third kappa shape index (κ3) is 2.99. The molecule has 3 aliphatic rings. The minimum Gasteiger partial charge on any atom is -0.465 e. The Hall–Kier alpha value is -2.67. The van der Waals surface area contributed by atoms with Crippen LogP contribution in [0.15, 0.2) is 36.4 Å². The Morgan fingerprint density at radius 3 is 2.71 bits per heavy atom. The molecule has 148 valence electrons. The van der Waals surface area contributed by atoms with Crippen LogP contribution in [0.25, 0.3) is 0 Å². The maximum absolute atomic E-state index is 13.0. The van der Waals surface area contributed by atoms with Crippen LogP contribution in [-0.2, 0) is 30.3 Å². The zero-order chi connectivity index (χ0) is 19.9. The van der Waals surface area contributed by atoms with Gasteiger partial charge >= 0.3 is 5.97 Å². The highest BCUT2D eigenvalue weighted by Gasteiger charge is 2.66. The van der Waals surface area contributed by atoms with E-state index in [0.717, 1.165) is 6.42 Å². The van der Waals surface area contributed by atoms with Crippen LogP contribution in [0.4, 0.5) is 5.69 Å². The predicted molar refractivity (Wildman–Crippen MR) is 101 cm³/mol. The molecule has 2 unspecified atom stereocenters. The van der Waals surface area contributed by atoms with Gasteiger partial charge in [-0.3, -0.25) is 14.4 Å². The number of ether oxygens (including phenoxy) is 2. The van der Waals surface area contributed by atoms with Crippen molar-refractivity contribution in [2.24, 2.45) is 11.8 Å². The van der Waals surface area contributed by atoms with Crippen molar-refractivity contribution in [1.29, 1.82) is 0 Å². The van der Waals surface area contributed by atoms with Gasteiger partial charge in [-0.15, -0.1) is 0 Å². The second-order valence-electron chi connectivity index (χ2n) is 7.44. The quantitative estimate of drug-likeness (QED) is 0.594. The number of hydrogen-bond donors (Lipinski definition) is 1. The average Bonchev–Trinajstić information content (AvgIpc) is 3.31. The lowest BCUT2D eigenvalue weighted by Crippen LogP contribution is -2.41. The van der Waals surface area contributed by atoms with E-state index in [0.29, 0.717) is 5.69 Å². The van der Waals surface area contributed by atoms with Crippen molar-refractivity contribution >= 4 is 23.5 Å². The summed E-state index contributed by atoms with van der Waals surface area (Å²) >= 11 is 0. The van der Waals surface area contributed by atoms with Crippen molar-refractivity contribution in [3.8, 4) is 0 Å². The highest BCUT2D eigenvalue weighted by Crippen LogP contribution is 2.52. The molecule has 2 fully saturated rings. The fraction of sp³-hybridized carbons (Fsp3) is 0.476. The molecule has 2 saturated heterocycles. The van der Waals surface area contributed by atoms with Gasteiger partial charge in [-0.25, -0.2) is 0 Å². The SMILES string of the molecule is CCOC(=O)CN1CC23C=C[C@@H](O2)C(C(=O)Nc2ccc(CC)cc2)[C@@H]3C1=O. The van der Waals surface area contributed by atoms with Gasteiger partial charge < -0.3 is 19.7 Å². The van der Waals surface area contributed by atoms with E-state index in [1.807, 2.05) is 36.4 Å². The number of carbonyl (C=O) groups is 3. The molecule has 7 nitrogen and oxygen atoms in total. The Balaban J connectivity index is 1.51. The third-order valence-electron chi connectivity index (χ3n) is 5.74. The highest BCUT2D eigenvalue weighted by molar-refractivity contribution is 5.99. The number of esters is 1. The van der Waals surface area contributed by atoms with Crippen LogP contribution in [0.3, 0.4) is 0 Å². The van der Waals surface area contributed by atoms with Crippen LogP contribution in [0, 0.1) is 11.8 Å². The summed E-state index contributed by atoms with van der Waals surface area (Å²) in [5.74, 6) is -2.16. The van der Waals surface area contributed by atoms with Gasteiger partial charge in [0, 0.05) is 5.69 Å². The van der Waals surface area contributed by atoms with Crippen LogP contribution < -0.4 is 5.32 Å². The van der Waals surface area contributed by atoms with Crippen molar-refractivity contribution in [3.63, 3.8) is 0 Å². The summed E-state index contributed by atoms with van der Waals surface area (Å²) in [4.78, 5) is 39.2. The number of carbonyl (C=O) groups excluding carboxylic acids is 3. The molecule has 2 bridgehead atoms. The summed E-state index contributed by atoms with van der Waals surface area (Å²) in [5.41, 5.74) is 1.04. The number of fused-ring (bicyclic) bond motifs is 1. The molecule has 4 rings (SSSR count). The number of likely N-dealkylation sites (tertiary alicyclic amines) is 1. The van der Waals surface area contributed by atoms with Crippen molar-refractivity contribution in [3.05, 3.63) is 42.0 Å². The first-order valence-corrected chi connectivity index (χ1v) is 9.69. The lowest BCUT2D eigenvalue weighted by molar-refractivity contribution is -0.148. The number of amides is 2. The van der Waals surface area contributed by atoms with E-state index in [9.17, 15) is 14.4 Å². The first-order chi connectivity index (χ1) is 13.5. The molecule has 0 saturated carbocycles. The van der Waals surface area contributed by atoms with Gasteiger partial charge in [0.25, 0.3) is 0 Å². The second kappa shape index (κ2) is 7.05. The Bertz CT molecular complexity index is 834. The highest BCUT2D eigenvalue weighted by atomic mass is 16.5. The molecule has 1 N–H and O–H groups in total. The van der Waals surface area contributed by atoms with Crippen molar-refractivity contribution in [2.75, 3.05) is 25.0 Å². The average molecular weight is 384 g/mol. The maximum atomic E-state index is 13.0. The summed E-state index contributed by atoms with van der Waals surface area (Å²) in [5, 5.41) is 2.91. The lowest BCUT2D eigenvalue weighted by atomic mass is 9.77. The Kier molecular flexibility index (Phi) is 4.71. The molecule has 0 aromatic heterocycles. The number of rotatable bonds is 6. The maximum Gasteiger partial charge on any atom is 0.325 e. The van der Waals surface area contributed by atoms with Crippen LogP contribution in [-0.4, -0.2) is 54.1 Å². The molecule has 1 aromatic rings. The predicted octanol–water partition coefficient (Wildman–Crippen LogP) is 1.53. The molecule has 1 spiro atoms. The van der Waals surface area contributed by atoms with Crippen LogP contribution >= 0.6 is 0 Å². The molecule has 2 amide bonds. The molecule has 0 radical (unpaired) electrons. The van der Waals surface area contributed by atoms with Gasteiger partial charge in [0.05, 0.1) is 31.1 Å². The zero-order valence-corrected chi connectivity index (χ0v) is 16.0. The van der Waals surface area contributed by atoms with Gasteiger partial charge in [-0.05, 0) is 31.0 Å². The fourth-order valence-electron chi connectivity index (χ4n) is 4.42. The van der Waals surface area contributed by atoms with E-state index >= 15 is 0 Å². The van der Waals surface area contributed by atoms with E-state index in [-0.39, 0.29) is 31.5 Å². The third-order valence-corrected chi connectivity index (χ3v) is 5.74. The van der Waals surface area contributed by atoms with E-state index in [2.05, 4.69) is 12.2 Å². The molecule has 0 aliphatic carbocycles. The largest absolute Gasteiger partial charge is 0.465 e. The van der Waals surface area contributed by atoms with Crippen LogP contribution in [0.5, 0.6) is 0 Å². The summed E-state index contributed by atoms with van der Waals surface area (Å²) in [6.07, 6.45) is 4.22. The van der Waals surface area contributed by atoms with Gasteiger partial charge in [-0.2, -0.15) is 0 Å². The summed E-state index contributed by atoms with van der Waals surface area (Å²) in [7, 11) is 0. The van der Waals surface area contributed by atoms with E-state index in [1.165, 1.54) is 10.5 Å². The minimum absolute atomic E-state index is 0.125. The first kappa shape index (κ1) is 18.7. The number of anilines is 1. The lowest BCUT2D eigenvalue weighted by Gasteiger charge is -2.23. The van der Waals surface area contributed by atoms with Crippen molar-refractivity contribution in [1.82, 2.24) is 4.90 Å². The standard InChI is InChI=1S/C21H24N2O5/c1-3-13-5-7-14(8-6-13)22-19(25)17-15-9-10-21(28-15)12-23(20(26)18(17)21)11-16(24)27-4-2/h5-10,15,17-18H,3-4,11-12H2,1-2H3,(H,22,25)/t15-,17?,18-,21?/m1/s1. The number of benzene rings is 1.